The van der Waals surface area contributed by atoms with Crippen molar-refractivity contribution in [1.82, 2.24) is 21.3 Å². The molecular weight excluding hydrogens is 592 g/mol. The summed E-state index contributed by atoms with van der Waals surface area (Å²) in [4.78, 5) is 49.4. The van der Waals surface area contributed by atoms with E-state index in [1.165, 1.54) is 0 Å². The van der Waals surface area contributed by atoms with Gasteiger partial charge in [-0.05, 0) is 73.0 Å². The lowest BCUT2D eigenvalue weighted by Gasteiger charge is -2.46. The molecule has 0 aromatic carbocycles. The van der Waals surface area contributed by atoms with Crippen molar-refractivity contribution in [2.75, 3.05) is 39.5 Å². The van der Waals surface area contributed by atoms with Crippen LogP contribution in [0.5, 0.6) is 0 Å². The lowest BCUT2D eigenvalue weighted by Crippen LogP contribution is -2.51. The van der Waals surface area contributed by atoms with E-state index in [1.807, 2.05) is 13.8 Å². The third-order valence-electron chi connectivity index (χ3n) is 8.86. The van der Waals surface area contributed by atoms with Gasteiger partial charge < -0.3 is 40.2 Å². The molecular formula is C34H62N4O8. The second kappa shape index (κ2) is 17.8. The third kappa shape index (κ3) is 15.1. The van der Waals surface area contributed by atoms with Gasteiger partial charge in [-0.25, -0.2) is 19.2 Å². The lowest BCUT2D eigenvalue weighted by molar-refractivity contribution is 0.0523. The number of alkyl carbamates (subject to hydrolysis) is 4. The van der Waals surface area contributed by atoms with Gasteiger partial charge in [0.25, 0.3) is 0 Å². The molecule has 0 aromatic heterocycles. The van der Waals surface area contributed by atoms with Gasteiger partial charge in [-0.3, -0.25) is 0 Å². The third-order valence-corrected chi connectivity index (χ3v) is 8.86. The molecule has 2 fully saturated rings. The minimum Gasteiger partial charge on any atom is -0.450 e. The van der Waals surface area contributed by atoms with Crippen molar-refractivity contribution in [3.8, 4) is 0 Å². The second-order valence-corrected chi connectivity index (χ2v) is 15.8. The van der Waals surface area contributed by atoms with Crippen molar-refractivity contribution in [1.29, 1.82) is 0 Å². The molecule has 4 amide bonds. The summed E-state index contributed by atoms with van der Waals surface area (Å²) in [6, 6.07) is -0.250. The minimum absolute atomic E-state index is 0.0439. The van der Waals surface area contributed by atoms with Crippen LogP contribution >= 0.6 is 0 Å². The van der Waals surface area contributed by atoms with Crippen LogP contribution in [0, 0.1) is 21.7 Å². The zero-order valence-corrected chi connectivity index (χ0v) is 29.7. The number of carbonyl (C=O) groups is 4. The fourth-order valence-corrected chi connectivity index (χ4v) is 7.72. The summed E-state index contributed by atoms with van der Waals surface area (Å²) in [6.45, 7) is 18.5. The minimum atomic E-state index is -0.563. The van der Waals surface area contributed by atoms with E-state index in [-0.39, 0.29) is 47.0 Å². The molecule has 4 atom stereocenters. The van der Waals surface area contributed by atoms with Gasteiger partial charge in [0, 0.05) is 25.2 Å². The first-order chi connectivity index (χ1) is 21.5. The summed E-state index contributed by atoms with van der Waals surface area (Å²) >= 11 is 0. The molecule has 46 heavy (non-hydrogen) atoms. The molecule has 2 aliphatic rings. The SMILES string of the molecule is CCCCOC(=O)NCC1(C)CC(NC(=O)OCCOC(=O)NC2CC(C)(C)CC(C)(CNC(=O)OCCCC)C2)CC(C)(C)C1. The van der Waals surface area contributed by atoms with Crippen molar-refractivity contribution >= 4 is 24.4 Å². The van der Waals surface area contributed by atoms with Crippen LogP contribution in [-0.2, 0) is 18.9 Å². The molecule has 0 saturated heterocycles. The van der Waals surface area contributed by atoms with Crippen molar-refractivity contribution in [3.63, 3.8) is 0 Å². The standard InChI is InChI=1S/C34H62N4O8/c1-9-11-13-43-27(39)35-23-33(7)19-25(17-31(3,4)21-33)37-29(41)45-15-16-46-30(42)38-26-18-32(5,6)22-34(8,20-26)24-36-28(40)44-14-12-10-2/h25-26H,9-24H2,1-8H3,(H,35,39)(H,36,40)(H,37,41)(H,38,42). The molecule has 12 nitrogen and oxygen atoms in total. The van der Waals surface area contributed by atoms with E-state index in [9.17, 15) is 19.2 Å². The summed E-state index contributed by atoms with van der Waals surface area (Å²) in [5.41, 5.74) is -0.527. The van der Waals surface area contributed by atoms with Gasteiger partial charge in [0.05, 0.1) is 13.2 Å². The molecule has 2 saturated carbocycles. The Hall–Kier alpha value is -2.92. The van der Waals surface area contributed by atoms with E-state index >= 15 is 0 Å². The van der Waals surface area contributed by atoms with E-state index in [2.05, 4.69) is 62.8 Å². The maximum Gasteiger partial charge on any atom is 0.407 e. The predicted molar refractivity (Wildman–Crippen MR) is 177 cm³/mol. The first-order valence-electron chi connectivity index (χ1n) is 17.2. The normalized spacial score (nSPS) is 26.6. The van der Waals surface area contributed by atoms with Crippen LogP contribution in [0.3, 0.4) is 0 Å². The smallest absolute Gasteiger partial charge is 0.407 e. The van der Waals surface area contributed by atoms with Gasteiger partial charge in [0.2, 0.25) is 0 Å². The topological polar surface area (TPSA) is 153 Å². The highest BCUT2D eigenvalue weighted by Gasteiger charge is 2.43. The summed E-state index contributed by atoms with van der Waals surface area (Å²) in [5, 5.41) is 11.7. The van der Waals surface area contributed by atoms with E-state index in [0.29, 0.717) is 39.1 Å². The average molecular weight is 655 g/mol. The Morgan fingerprint density at radius 2 is 0.891 bits per heavy atom. The van der Waals surface area contributed by atoms with E-state index in [1.54, 1.807) is 0 Å². The first kappa shape index (κ1) is 39.3. The molecule has 0 spiro atoms. The second-order valence-electron chi connectivity index (χ2n) is 15.8. The number of rotatable bonds is 15. The molecule has 2 rings (SSSR count). The Kier molecular flexibility index (Phi) is 15.2. The Labute approximate surface area is 276 Å². The first-order valence-corrected chi connectivity index (χ1v) is 17.2. The zero-order chi connectivity index (χ0) is 34.4. The van der Waals surface area contributed by atoms with Gasteiger partial charge in [-0.1, -0.05) is 68.2 Å². The summed E-state index contributed by atoms with van der Waals surface area (Å²) in [6.07, 6.45) is 6.35. The highest BCUT2D eigenvalue weighted by molar-refractivity contribution is 5.69. The van der Waals surface area contributed by atoms with Crippen LogP contribution in [0.25, 0.3) is 0 Å². The average Bonchev–Trinajstić information content (AvgIpc) is 2.91. The molecule has 12 heteroatoms. The van der Waals surface area contributed by atoms with Gasteiger partial charge in [-0.2, -0.15) is 0 Å². The molecule has 0 heterocycles. The van der Waals surface area contributed by atoms with E-state index in [4.69, 9.17) is 18.9 Å². The summed E-state index contributed by atoms with van der Waals surface area (Å²) in [5.74, 6) is 0. The Morgan fingerprint density at radius 3 is 1.24 bits per heavy atom. The van der Waals surface area contributed by atoms with Crippen LogP contribution in [0.4, 0.5) is 19.2 Å². The number of carbonyl (C=O) groups excluding carboxylic acids is 4. The molecule has 4 N–H and O–H groups in total. The maximum absolute atomic E-state index is 12.6. The highest BCUT2D eigenvalue weighted by Crippen LogP contribution is 2.46. The molecule has 0 bridgehead atoms. The molecule has 0 radical (unpaired) electrons. The van der Waals surface area contributed by atoms with Crippen molar-refractivity contribution < 1.29 is 38.1 Å². The Morgan fingerprint density at radius 1 is 0.543 bits per heavy atom. The number of hydrogen-bond donors (Lipinski definition) is 4. The predicted octanol–water partition coefficient (Wildman–Crippen LogP) is 6.66. The number of unbranched alkanes of at least 4 members (excludes halogenated alkanes) is 2. The fraction of sp³-hybridized carbons (Fsp3) is 0.882. The van der Waals surface area contributed by atoms with Crippen LogP contribution in [-0.4, -0.2) is 76.0 Å². The van der Waals surface area contributed by atoms with E-state index in [0.717, 1.165) is 51.4 Å². The van der Waals surface area contributed by atoms with Crippen molar-refractivity contribution in [2.24, 2.45) is 21.7 Å². The van der Waals surface area contributed by atoms with Crippen LogP contribution in [0.15, 0.2) is 0 Å². The number of nitrogens with one attached hydrogen (secondary N) is 4. The highest BCUT2D eigenvalue weighted by atomic mass is 16.6. The van der Waals surface area contributed by atoms with Crippen molar-refractivity contribution in [3.05, 3.63) is 0 Å². The van der Waals surface area contributed by atoms with Gasteiger partial charge in [0.1, 0.15) is 13.2 Å². The Balaban J connectivity index is 1.75. The Bertz CT molecular complexity index is 928. The molecule has 0 aromatic rings. The lowest BCUT2D eigenvalue weighted by atomic mass is 9.62. The molecule has 0 aliphatic heterocycles. The summed E-state index contributed by atoms with van der Waals surface area (Å²) in [7, 11) is 0. The van der Waals surface area contributed by atoms with Crippen LogP contribution in [0.2, 0.25) is 0 Å². The van der Waals surface area contributed by atoms with Gasteiger partial charge in [-0.15, -0.1) is 0 Å². The molecule has 4 unspecified atom stereocenters. The number of ether oxygens (including phenoxy) is 4. The molecule has 2 aliphatic carbocycles. The largest absolute Gasteiger partial charge is 0.450 e. The van der Waals surface area contributed by atoms with Crippen molar-refractivity contribution in [2.45, 2.75) is 132 Å². The number of amides is 4. The quantitative estimate of drug-likeness (QED) is 0.113. The monoisotopic (exact) mass is 654 g/mol. The summed E-state index contributed by atoms with van der Waals surface area (Å²) < 4.78 is 21.1. The van der Waals surface area contributed by atoms with Crippen LogP contribution < -0.4 is 21.3 Å². The van der Waals surface area contributed by atoms with Gasteiger partial charge >= 0.3 is 24.4 Å². The van der Waals surface area contributed by atoms with Crippen LogP contribution in [0.1, 0.15) is 120 Å². The maximum atomic E-state index is 12.6. The van der Waals surface area contributed by atoms with Gasteiger partial charge in [0.15, 0.2) is 0 Å². The van der Waals surface area contributed by atoms with E-state index < -0.39 is 24.4 Å². The molecule has 266 valence electrons. The number of hydrogen-bond acceptors (Lipinski definition) is 8. The zero-order valence-electron chi connectivity index (χ0n) is 29.7. The fourth-order valence-electron chi connectivity index (χ4n) is 7.72.